The van der Waals surface area contributed by atoms with Crippen LogP contribution in [0.15, 0.2) is 10.4 Å². The van der Waals surface area contributed by atoms with Crippen molar-refractivity contribution in [1.29, 1.82) is 0 Å². The number of aromatic nitrogens is 1. The fourth-order valence-corrected chi connectivity index (χ4v) is 2.87. The lowest BCUT2D eigenvalue weighted by molar-refractivity contribution is 0.212. The fourth-order valence-electron chi connectivity index (χ4n) is 1.99. The highest BCUT2D eigenvalue weighted by Crippen LogP contribution is 2.44. The number of hydrogen-bond acceptors (Lipinski definition) is 4. The molecule has 118 valence electrons. The SMILES string of the molecule is CCNC(=NCc1nc(C(C)C)cs1)NCC1(CO)CC1. The monoisotopic (exact) mass is 310 g/mol. The van der Waals surface area contributed by atoms with Crippen LogP contribution in [0.1, 0.15) is 50.2 Å². The van der Waals surface area contributed by atoms with Crippen molar-refractivity contribution in [3.63, 3.8) is 0 Å². The smallest absolute Gasteiger partial charge is 0.191 e. The van der Waals surface area contributed by atoms with Crippen LogP contribution in [0.4, 0.5) is 0 Å². The zero-order valence-corrected chi connectivity index (χ0v) is 14.0. The van der Waals surface area contributed by atoms with Crippen LogP contribution in [-0.4, -0.2) is 35.7 Å². The Morgan fingerprint density at radius 2 is 2.24 bits per heavy atom. The third-order valence-corrected chi connectivity index (χ3v) is 4.65. The molecule has 1 saturated carbocycles. The van der Waals surface area contributed by atoms with E-state index in [-0.39, 0.29) is 12.0 Å². The predicted molar refractivity (Wildman–Crippen MR) is 87.8 cm³/mol. The maximum atomic E-state index is 9.35. The van der Waals surface area contributed by atoms with Crippen molar-refractivity contribution in [2.45, 2.75) is 46.1 Å². The van der Waals surface area contributed by atoms with E-state index in [1.165, 1.54) is 0 Å². The molecule has 1 heterocycles. The molecule has 5 nitrogen and oxygen atoms in total. The Morgan fingerprint density at radius 1 is 1.48 bits per heavy atom. The Kier molecular flexibility index (Phi) is 5.58. The van der Waals surface area contributed by atoms with Gasteiger partial charge < -0.3 is 15.7 Å². The minimum absolute atomic E-state index is 0.0855. The molecule has 0 spiro atoms. The molecule has 0 aromatic carbocycles. The number of hydrogen-bond donors (Lipinski definition) is 3. The summed E-state index contributed by atoms with van der Waals surface area (Å²) in [6, 6.07) is 0. The van der Waals surface area contributed by atoms with Crippen LogP contribution >= 0.6 is 11.3 Å². The number of aliphatic hydroxyl groups excluding tert-OH is 1. The van der Waals surface area contributed by atoms with Crippen molar-refractivity contribution < 1.29 is 5.11 Å². The molecule has 21 heavy (non-hydrogen) atoms. The van der Waals surface area contributed by atoms with Crippen LogP contribution in [0.5, 0.6) is 0 Å². The molecule has 3 N–H and O–H groups in total. The third kappa shape index (κ3) is 4.68. The molecule has 0 unspecified atom stereocenters. The van der Waals surface area contributed by atoms with Crippen molar-refractivity contribution in [1.82, 2.24) is 15.6 Å². The number of aliphatic hydroxyl groups is 1. The fraction of sp³-hybridized carbons (Fsp3) is 0.733. The summed E-state index contributed by atoms with van der Waals surface area (Å²) in [6.07, 6.45) is 2.19. The molecule has 1 aliphatic carbocycles. The van der Waals surface area contributed by atoms with Gasteiger partial charge in [-0.3, -0.25) is 0 Å². The second-order valence-electron chi connectivity index (χ2n) is 6.03. The Bertz CT molecular complexity index is 480. The third-order valence-electron chi connectivity index (χ3n) is 3.80. The normalized spacial score (nSPS) is 17.1. The van der Waals surface area contributed by atoms with Gasteiger partial charge in [0.2, 0.25) is 0 Å². The number of thiazole rings is 1. The summed E-state index contributed by atoms with van der Waals surface area (Å²) < 4.78 is 0. The van der Waals surface area contributed by atoms with Crippen molar-refractivity contribution >= 4 is 17.3 Å². The van der Waals surface area contributed by atoms with Crippen LogP contribution in [0, 0.1) is 5.41 Å². The van der Waals surface area contributed by atoms with Crippen LogP contribution in [-0.2, 0) is 6.54 Å². The summed E-state index contributed by atoms with van der Waals surface area (Å²) in [4.78, 5) is 9.18. The molecular formula is C15H26N4OS. The van der Waals surface area contributed by atoms with E-state index in [9.17, 15) is 5.11 Å². The van der Waals surface area contributed by atoms with Gasteiger partial charge >= 0.3 is 0 Å². The van der Waals surface area contributed by atoms with Gasteiger partial charge in [-0.2, -0.15) is 0 Å². The highest BCUT2D eigenvalue weighted by atomic mass is 32.1. The summed E-state index contributed by atoms with van der Waals surface area (Å²) in [5.41, 5.74) is 1.22. The summed E-state index contributed by atoms with van der Waals surface area (Å²) in [5, 5.41) is 19.1. The average Bonchev–Trinajstić information content (AvgIpc) is 3.10. The molecule has 0 aliphatic heterocycles. The van der Waals surface area contributed by atoms with Gasteiger partial charge in [0.15, 0.2) is 5.96 Å². The van der Waals surface area contributed by atoms with Gasteiger partial charge in [0, 0.05) is 23.9 Å². The van der Waals surface area contributed by atoms with E-state index in [0.29, 0.717) is 12.5 Å². The number of aliphatic imine (C=N–C) groups is 1. The largest absolute Gasteiger partial charge is 0.396 e. The van der Waals surface area contributed by atoms with Gasteiger partial charge in [0.05, 0.1) is 18.8 Å². The first-order chi connectivity index (χ1) is 10.1. The van der Waals surface area contributed by atoms with Crippen molar-refractivity contribution in [2.24, 2.45) is 10.4 Å². The summed E-state index contributed by atoms with van der Waals surface area (Å²) in [6.45, 7) is 8.81. The maximum Gasteiger partial charge on any atom is 0.191 e. The highest BCUT2D eigenvalue weighted by Gasteiger charge is 2.41. The molecule has 0 atom stereocenters. The highest BCUT2D eigenvalue weighted by molar-refractivity contribution is 7.09. The molecule has 6 heteroatoms. The second-order valence-corrected chi connectivity index (χ2v) is 6.97. The zero-order chi connectivity index (χ0) is 15.3. The minimum Gasteiger partial charge on any atom is -0.396 e. The molecule has 1 aliphatic rings. The Hall–Kier alpha value is -1.14. The lowest BCUT2D eigenvalue weighted by atomic mass is 10.1. The Morgan fingerprint density at radius 3 is 2.76 bits per heavy atom. The van der Waals surface area contributed by atoms with E-state index in [1.807, 2.05) is 0 Å². The van der Waals surface area contributed by atoms with Gasteiger partial charge in [0.25, 0.3) is 0 Å². The Balaban J connectivity index is 1.90. The van der Waals surface area contributed by atoms with Crippen molar-refractivity contribution in [3.05, 3.63) is 16.1 Å². The molecule has 1 aromatic rings. The predicted octanol–water partition coefficient (Wildman–Crippen LogP) is 2.09. The van der Waals surface area contributed by atoms with E-state index in [2.05, 4.69) is 46.8 Å². The van der Waals surface area contributed by atoms with Gasteiger partial charge in [-0.1, -0.05) is 13.8 Å². The average molecular weight is 310 g/mol. The number of nitrogens with zero attached hydrogens (tertiary/aromatic N) is 2. The topological polar surface area (TPSA) is 69.5 Å². The molecule has 2 rings (SSSR count). The van der Waals surface area contributed by atoms with Crippen LogP contribution in [0.25, 0.3) is 0 Å². The minimum atomic E-state index is 0.0855. The van der Waals surface area contributed by atoms with Gasteiger partial charge in [-0.15, -0.1) is 11.3 Å². The first-order valence-corrected chi connectivity index (χ1v) is 8.54. The maximum absolute atomic E-state index is 9.35. The summed E-state index contributed by atoms with van der Waals surface area (Å²) in [5.74, 6) is 1.27. The zero-order valence-electron chi connectivity index (χ0n) is 13.1. The summed E-state index contributed by atoms with van der Waals surface area (Å²) >= 11 is 1.66. The van der Waals surface area contributed by atoms with E-state index in [1.54, 1.807) is 11.3 Å². The van der Waals surface area contributed by atoms with Gasteiger partial charge in [-0.25, -0.2) is 9.98 Å². The van der Waals surface area contributed by atoms with E-state index in [0.717, 1.165) is 42.6 Å². The van der Waals surface area contributed by atoms with Gasteiger partial charge in [-0.05, 0) is 25.7 Å². The molecule has 0 radical (unpaired) electrons. The molecular weight excluding hydrogens is 284 g/mol. The molecule has 0 saturated heterocycles. The standard InChI is InChI=1S/C15H26N4OS/c1-4-16-14(18-9-15(10-20)5-6-15)17-7-13-19-12(8-21-13)11(2)3/h8,11,20H,4-7,9-10H2,1-3H3,(H2,16,17,18). The van der Waals surface area contributed by atoms with Gasteiger partial charge in [0.1, 0.15) is 5.01 Å². The van der Waals surface area contributed by atoms with Crippen LogP contribution < -0.4 is 10.6 Å². The number of guanidine groups is 1. The van der Waals surface area contributed by atoms with E-state index in [4.69, 9.17) is 0 Å². The quantitative estimate of drug-likeness (QED) is 0.533. The first kappa shape index (κ1) is 16.2. The second kappa shape index (κ2) is 7.22. The number of rotatable bonds is 7. The van der Waals surface area contributed by atoms with Crippen LogP contribution in [0.3, 0.4) is 0 Å². The molecule has 1 fully saturated rings. The van der Waals surface area contributed by atoms with E-state index >= 15 is 0 Å². The first-order valence-electron chi connectivity index (χ1n) is 7.66. The lowest BCUT2D eigenvalue weighted by Gasteiger charge is -2.16. The van der Waals surface area contributed by atoms with Crippen LogP contribution in [0.2, 0.25) is 0 Å². The molecule has 0 amide bonds. The molecule has 1 aromatic heterocycles. The summed E-state index contributed by atoms with van der Waals surface area (Å²) in [7, 11) is 0. The molecule has 0 bridgehead atoms. The van der Waals surface area contributed by atoms with Crippen molar-refractivity contribution in [3.8, 4) is 0 Å². The Labute approximate surface area is 130 Å². The lowest BCUT2D eigenvalue weighted by Crippen LogP contribution is -2.41. The van der Waals surface area contributed by atoms with Crippen molar-refractivity contribution in [2.75, 3.05) is 19.7 Å². The van der Waals surface area contributed by atoms with E-state index < -0.39 is 0 Å². The number of nitrogens with one attached hydrogen (secondary N) is 2.